The average Bonchev–Trinajstić information content (AvgIpc) is 3.17. The zero-order valence-electron chi connectivity index (χ0n) is 22.4. The number of aliphatic hydroxyl groups excluding tert-OH is 1. The van der Waals surface area contributed by atoms with Gasteiger partial charge in [-0.25, -0.2) is 0 Å². The number of Topliss-reactive ketones (excluding diaryl/α,β-unsaturated/α-hetero) is 1. The standard InChI is InChI=1S/C30H32N2O6/c1-18(2)38-22-10-7-9-19(17-22)27-26(28(33)25-23(36-5)11-8-12-24(25)37-6)29(34)30(35)32(27)21-15-13-20(14-16-21)31(3)4/h7-18,27,33H,1-6H3/b28-26+. The lowest BCUT2D eigenvalue weighted by Crippen LogP contribution is -2.29. The molecule has 0 aliphatic carbocycles. The summed E-state index contributed by atoms with van der Waals surface area (Å²) in [6.07, 6.45) is -0.0759. The molecule has 1 saturated heterocycles. The highest BCUT2D eigenvalue weighted by atomic mass is 16.5. The summed E-state index contributed by atoms with van der Waals surface area (Å²) < 4.78 is 16.8. The van der Waals surface area contributed by atoms with E-state index in [0.717, 1.165) is 5.69 Å². The second kappa shape index (κ2) is 10.9. The maximum atomic E-state index is 13.6. The highest BCUT2D eigenvalue weighted by Gasteiger charge is 2.47. The van der Waals surface area contributed by atoms with E-state index in [9.17, 15) is 14.7 Å². The van der Waals surface area contributed by atoms with Crippen LogP contribution in [0.3, 0.4) is 0 Å². The number of nitrogens with zero attached hydrogens (tertiary/aromatic N) is 2. The first-order valence-electron chi connectivity index (χ1n) is 12.2. The van der Waals surface area contributed by atoms with Gasteiger partial charge < -0.3 is 24.2 Å². The van der Waals surface area contributed by atoms with Crippen molar-refractivity contribution < 1.29 is 28.9 Å². The predicted molar refractivity (Wildman–Crippen MR) is 147 cm³/mol. The molecular formula is C30H32N2O6. The number of ether oxygens (including phenoxy) is 3. The fourth-order valence-electron chi connectivity index (χ4n) is 4.57. The van der Waals surface area contributed by atoms with E-state index in [1.54, 1.807) is 48.5 Å². The molecule has 0 radical (unpaired) electrons. The Kier molecular flexibility index (Phi) is 7.62. The summed E-state index contributed by atoms with van der Waals surface area (Å²) in [5.41, 5.74) is 2.18. The van der Waals surface area contributed by atoms with E-state index in [-0.39, 0.29) is 23.0 Å². The molecule has 8 heteroatoms. The van der Waals surface area contributed by atoms with Crippen molar-refractivity contribution in [2.45, 2.75) is 26.0 Å². The number of rotatable bonds is 8. The first-order chi connectivity index (χ1) is 18.2. The van der Waals surface area contributed by atoms with Crippen molar-refractivity contribution in [1.82, 2.24) is 0 Å². The van der Waals surface area contributed by atoms with Crippen molar-refractivity contribution in [2.75, 3.05) is 38.1 Å². The number of methoxy groups -OCH3 is 2. The summed E-state index contributed by atoms with van der Waals surface area (Å²) in [6.45, 7) is 3.83. The third kappa shape index (κ3) is 4.89. The van der Waals surface area contributed by atoms with Crippen LogP contribution in [-0.2, 0) is 9.59 Å². The highest BCUT2D eigenvalue weighted by molar-refractivity contribution is 6.51. The largest absolute Gasteiger partial charge is 0.506 e. The van der Waals surface area contributed by atoms with Gasteiger partial charge in [-0.3, -0.25) is 14.5 Å². The van der Waals surface area contributed by atoms with E-state index in [4.69, 9.17) is 14.2 Å². The SMILES string of the molecule is COc1cccc(OC)c1/C(O)=C1\C(=O)C(=O)N(c2ccc(N(C)C)cc2)C1c1cccc(OC(C)C)c1. The van der Waals surface area contributed by atoms with E-state index in [1.807, 2.05) is 51.0 Å². The molecule has 1 aliphatic heterocycles. The molecule has 4 rings (SSSR count). The van der Waals surface area contributed by atoms with Gasteiger partial charge in [0.2, 0.25) is 0 Å². The molecule has 1 amide bonds. The summed E-state index contributed by atoms with van der Waals surface area (Å²) in [7, 11) is 6.76. The van der Waals surface area contributed by atoms with Gasteiger partial charge in [-0.15, -0.1) is 0 Å². The molecule has 3 aromatic carbocycles. The van der Waals surface area contributed by atoms with Crippen LogP contribution in [0, 0.1) is 0 Å². The second-order valence-corrected chi connectivity index (χ2v) is 9.36. The molecule has 38 heavy (non-hydrogen) atoms. The average molecular weight is 517 g/mol. The number of benzene rings is 3. The third-order valence-corrected chi connectivity index (χ3v) is 6.30. The van der Waals surface area contributed by atoms with E-state index in [2.05, 4.69) is 0 Å². The van der Waals surface area contributed by atoms with Gasteiger partial charge in [0, 0.05) is 25.5 Å². The van der Waals surface area contributed by atoms with Crippen molar-refractivity contribution in [1.29, 1.82) is 0 Å². The Morgan fingerprint density at radius 3 is 2.08 bits per heavy atom. The van der Waals surface area contributed by atoms with Crippen LogP contribution >= 0.6 is 0 Å². The molecule has 0 saturated carbocycles. The Bertz CT molecular complexity index is 1360. The van der Waals surface area contributed by atoms with Gasteiger partial charge in [0.1, 0.15) is 28.6 Å². The van der Waals surface area contributed by atoms with Crippen molar-refractivity contribution >= 4 is 28.8 Å². The third-order valence-electron chi connectivity index (χ3n) is 6.30. The Balaban J connectivity index is 1.98. The Labute approximate surface area is 222 Å². The lowest BCUT2D eigenvalue weighted by atomic mass is 9.94. The Hall–Kier alpha value is -4.46. The topological polar surface area (TPSA) is 88.5 Å². The zero-order chi connectivity index (χ0) is 27.6. The second-order valence-electron chi connectivity index (χ2n) is 9.36. The van der Waals surface area contributed by atoms with Crippen molar-refractivity contribution in [3.63, 3.8) is 0 Å². The fraction of sp³-hybridized carbons (Fsp3) is 0.267. The molecule has 0 bridgehead atoms. The number of hydrogen-bond donors (Lipinski definition) is 1. The quantitative estimate of drug-likeness (QED) is 0.251. The highest BCUT2D eigenvalue weighted by Crippen LogP contribution is 2.45. The molecule has 0 aromatic heterocycles. The molecule has 0 spiro atoms. The minimum Gasteiger partial charge on any atom is -0.506 e. The number of anilines is 2. The van der Waals surface area contributed by atoms with E-state index in [0.29, 0.717) is 28.5 Å². The molecule has 8 nitrogen and oxygen atoms in total. The van der Waals surface area contributed by atoms with Gasteiger partial charge >= 0.3 is 0 Å². The molecular weight excluding hydrogens is 484 g/mol. The first kappa shape index (κ1) is 26.6. The van der Waals surface area contributed by atoms with E-state index < -0.39 is 17.7 Å². The summed E-state index contributed by atoms with van der Waals surface area (Å²) in [6, 6.07) is 18.6. The number of aliphatic hydroxyl groups is 1. The summed E-state index contributed by atoms with van der Waals surface area (Å²) in [5.74, 6) is -0.755. The summed E-state index contributed by atoms with van der Waals surface area (Å²) in [5, 5.41) is 11.6. The Morgan fingerprint density at radius 2 is 1.53 bits per heavy atom. The van der Waals surface area contributed by atoms with Crippen LogP contribution in [0.4, 0.5) is 11.4 Å². The first-order valence-corrected chi connectivity index (χ1v) is 12.2. The summed E-state index contributed by atoms with van der Waals surface area (Å²) in [4.78, 5) is 30.5. The maximum Gasteiger partial charge on any atom is 0.300 e. The van der Waals surface area contributed by atoms with E-state index in [1.165, 1.54) is 19.1 Å². The van der Waals surface area contributed by atoms with Gasteiger partial charge in [-0.1, -0.05) is 18.2 Å². The lowest BCUT2D eigenvalue weighted by Gasteiger charge is -2.26. The van der Waals surface area contributed by atoms with Crippen molar-refractivity contribution in [3.05, 3.63) is 83.4 Å². The van der Waals surface area contributed by atoms with Crippen LogP contribution in [0.2, 0.25) is 0 Å². The van der Waals surface area contributed by atoms with Crippen LogP contribution in [0.15, 0.2) is 72.3 Å². The van der Waals surface area contributed by atoms with Crippen LogP contribution in [0.1, 0.15) is 31.0 Å². The monoisotopic (exact) mass is 516 g/mol. The summed E-state index contributed by atoms with van der Waals surface area (Å²) >= 11 is 0. The normalized spacial score (nSPS) is 16.6. The lowest BCUT2D eigenvalue weighted by molar-refractivity contribution is -0.132. The Morgan fingerprint density at radius 1 is 0.921 bits per heavy atom. The van der Waals surface area contributed by atoms with Gasteiger partial charge in [-0.2, -0.15) is 0 Å². The van der Waals surface area contributed by atoms with Crippen molar-refractivity contribution in [2.24, 2.45) is 0 Å². The van der Waals surface area contributed by atoms with Gasteiger partial charge in [-0.05, 0) is 67.9 Å². The minimum atomic E-state index is -0.925. The molecule has 1 heterocycles. The molecule has 3 aromatic rings. The number of hydrogen-bond acceptors (Lipinski definition) is 7. The van der Waals surface area contributed by atoms with Crippen molar-refractivity contribution in [3.8, 4) is 17.2 Å². The van der Waals surface area contributed by atoms with Crippen LogP contribution in [0.5, 0.6) is 17.2 Å². The number of carbonyl (C=O) groups excluding carboxylic acids is 2. The minimum absolute atomic E-state index is 0.0730. The van der Waals surface area contributed by atoms with Gasteiger partial charge in [0.05, 0.1) is 31.9 Å². The van der Waals surface area contributed by atoms with Crippen LogP contribution in [-0.4, -0.2) is 51.2 Å². The zero-order valence-corrected chi connectivity index (χ0v) is 22.4. The number of carbonyl (C=O) groups is 2. The molecule has 1 unspecified atom stereocenters. The predicted octanol–water partition coefficient (Wildman–Crippen LogP) is 5.18. The number of ketones is 1. The smallest absolute Gasteiger partial charge is 0.300 e. The van der Waals surface area contributed by atoms with Gasteiger partial charge in [0.25, 0.3) is 11.7 Å². The van der Waals surface area contributed by atoms with Crippen LogP contribution in [0.25, 0.3) is 5.76 Å². The molecule has 1 fully saturated rings. The van der Waals surface area contributed by atoms with E-state index >= 15 is 0 Å². The molecule has 198 valence electrons. The molecule has 1 N–H and O–H groups in total. The van der Waals surface area contributed by atoms with Gasteiger partial charge in [0.15, 0.2) is 0 Å². The number of amides is 1. The maximum absolute atomic E-state index is 13.6. The fourth-order valence-corrected chi connectivity index (χ4v) is 4.57. The molecule has 1 aliphatic rings. The van der Waals surface area contributed by atoms with Crippen LogP contribution < -0.4 is 24.0 Å². The molecule has 1 atom stereocenters.